The average Bonchev–Trinajstić information content (AvgIpc) is 2.68. The van der Waals surface area contributed by atoms with Gasteiger partial charge in [0, 0.05) is 4.90 Å². The van der Waals surface area contributed by atoms with Gasteiger partial charge in [0.25, 0.3) is 5.91 Å². The predicted molar refractivity (Wildman–Crippen MR) is 107 cm³/mol. The number of rotatable bonds is 6. The number of methoxy groups -OCH3 is 1. The van der Waals surface area contributed by atoms with Gasteiger partial charge in [0.15, 0.2) is 6.10 Å². The summed E-state index contributed by atoms with van der Waals surface area (Å²) < 4.78 is 10.4. The van der Waals surface area contributed by atoms with Gasteiger partial charge in [0.1, 0.15) is 5.75 Å². The van der Waals surface area contributed by atoms with Crippen LogP contribution in [0.4, 0.5) is 11.4 Å². The first kappa shape index (κ1) is 19.8. The molecule has 0 saturated heterocycles. The second kappa shape index (κ2) is 8.79. The van der Waals surface area contributed by atoms with Crippen LogP contribution in [-0.4, -0.2) is 36.2 Å². The molecule has 8 heteroatoms. The van der Waals surface area contributed by atoms with E-state index in [9.17, 15) is 14.4 Å². The molecule has 146 valence electrons. The van der Waals surface area contributed by atoms with Crippen molar-refractivity contribution in [1.82, 2.24) is 0 Å². The number of hydrogen-bond acceptors (Lipinski definition) is 6. The maximum Gasteiger partial charge on any atom is 0.308 e. The van der Waals surface area contributed by atoms with Gasteiger partial charge in [0.05, 0.1) is 30.2 Å². The maximum atomic E-state index is 12.3. The molecule has 1 aliphatic heterocycles. The summed E-state index contributed by atoms with van der Waals surface area (Å²) in [4.78, 5) is 37.6. The summed E-state index contributed by atoms with van der Waals surface area (Å²) in [5.41, 5.74) is 1.21. The van der Waals surface area contributed by atoms with Crippen LogP contribution in [0.5, 0.6) is 5.75 Å². The first-order valence-electron chi connectivity index (χ1n) is 8.68. The molecule has 2 atom stereocenters. The second-order valence-electron chi connectivity index (χ2n) is 6.12. The Hall–Kier alpha value is -3.00. The molecule has 2 amide bonds. The van der Waals surface area contributed by atoms with Crippen LogP contribution < -0.4 is 15.4 Å². The lowest BCUT2D eigenvalue weighted by Crippen LogP contribution is -2.34. The van der Waals surface area contributed by atoms with E-state index in [4.69, 9.17) is 9.47 Å². The van der Waals surface area contributed by atoms with Crippen molar-refractivity contribution in [3.8, 4) is 5.75 Å². The third kappa shape index (κ3) is 4.64. The number of anilines is 2. The Morgan fingerprint density at radius 1 is 1.18 bits per heavy atom. The summed E-state index contributed by atoms with van der Waals surface area (Å²) in [6.45, 7) is 1.48. The lowest BCUT2D eigenvalue weighted by atomic mass is 10.2. The molecule has 0 aromatic heterocycles. The highest BCUT2D eigenvalue weighted by Gasteiger charge is 2.30. The van der Waals surface area contributed by atoms with E-state index < -0.39 is 23.2 Å². The van der Waals surface area contributed by atoms with E-state index in [0.29, 0.717) is 11.4 Å². The summed E-state index contributed by atoms with van der Waals surface area (Å²) in [5.74, 6) is -0.853. The molecule has 28 heavy (non-hydrogen) atoms. The molecule has 0 radical (unpaired) electrons. The van der Waals surface area contributed by atoms with Gasteiger partial charge in [-0.2, -0.15) is 0 Å². The lowest BCUT2D eigenvalue weighted by molar-refractivity contribution is -0.153. The fourth-order valence-electron chi connectivity index (χ4n) is 2.66. The number of amides is 2. The Bertz CT molecular complexity index is 902. The minimum absolute atomic E-state index is 0.128. The van der Waals surface area contributed by atoms with E-state index in [1.807, 2.05) is 18.2 Å². The number of hydrogen-bond donors (Lipinski definition) is 2. The first-order valence-corrected chi connectivity index (χ1v) is 9.56. The molecular weight excluding hydrogens is 380 g/mol. The Labute approximate surface area is 166 Å². The third-order valence-electron chi connectivity index (χ3n) is 4.10. The zero-order valence-electron chi connectivity index (χ0n) is 15.4. The summed E-state index contributed by atoms with van der Waals surface area (Å²) >= 11 is 1.31. The van der Waals surface area contributed by atoms with Gasteiger partial charge in [-0.25, -0.2) is 0 Å². The summed E-state index contributed by atoms with van der Waals surface area (Å²) in [7, 11) is 1.50. The fraction of sp³-hybridized carbons (Fsp3) is 0.250. The van der Waals surface area contributed by atoms with Gasteiger partial charge in [-0.3, -0.25) is 14.4 Å². The highest BCUT2D eigenvalue weighted by molar-refractivity contribution is 8.01. The number of para-hydroxylation sites is 3. The largest absolute Gasteiger partial charge is 0.495 e. The van der Waals surface area contributed by atoms with Crippen molar-refractivity contribution >= 4 is 40.9 Å². The van der Waals surface area contributed by atoms with Crippen LogP contribution in [0.25, 0.3) is 0 Å². The van der Waals surface area contributed by atoms with Crippen molar-refractivity contribution in [2.45, 2.75) is 29.6 Å². The fourth-order valence-corrected chi connectivity index (χ4v) is 3.75. The summed E-state index contributed by atoms with van der Waals surface area (Å²) in [5, 5.41) is 4.84. The normalized spacial score (nSPS) is 16.4. The molecular formula is C20H20N2O5S. The van der Waals surface area contributed by atoms with Gasteiger partial charge >= 0.3 is 5.97 Å². The van der Waals surface area contributed by atoms with Crippen LogP contribution in [0.15, 0.2) is 53.4 Å². The number of benzene rings is 2. The first-order chi connectivity index (χ1) is 13.5. The molecule has 2 aromatic rings. The molecule has 0 bridgehead atoms. The van der Waals surface area contributed by atoms with E-state index in [0.717, 1.165) is 10.6 Å². The highest BCUT2D eigenvalue weighted by Crippen LogP contribution is 2.36. The van der Waals surface area contributed by atoms with Gasteiger partial charge < -0.3 is 20.1 Å². The highest BCUT2D eigenvalue weighted by atomic mass is 32.2. The van der Waals surface area contributed by atoms with E-state index in [2.05, 4.69) is 10.6 Å². The predicted octanol–water partition coefficient (Wildman–Crippen LogP) is 3.07. The Morgan fingerprint density at radius 2 is 1.89 bits per heavy atom. The number of fused-ring (bicyclic) bond motifs is 1. The zero-order valence-corrected chi connectivity index (χ0v) is 16.2. The van der Waals surface area contributed by atoms with Crippen LogP contribution in [0.3, 0.4) is 0 Å². The molecule has 0 fully saturated rings. The number of carbonyl (C=O) groups is 3. The number of nitrogens with one attached hydrogen (secondary N) is 2. The van der Waals surface area contributed by atoms with Crippen molar-refractivity contribution in [1.29, 1.82) is 0 Å². The minimum atomic E-state index is -1.01. The monoisotopic (exact) mass is 400 g/mol. The minimum Gasteiger partial charge on any atom is -0.495 e. The SMILES string of the molecule is COc1ccccc1NC(=O)[C@H](C)OC(=O)C[C@@H]1Sc2ccccc2NC1=O. The standard InChI is InChI=1S/C20H20N2O5S/c1-12(19(24)21-13-7-3-5-9-15(13)26-2)27-18(23)11-17-20(25)22-14-8-4-6-10-16(14)28-17/h3-10,12,17H,11H2,1-2H3,(H,21,24)(H,22,25)/t12-,17-/m0/s1. The van der Waals surface area contributed by atoms with E-state index >= 15 is 0 Å². The molecule has 7 nitrogen and oxygen atoms in total. The van der Waals surface area contributed by atoms with Gasteiger partial charge in [-0.1, -0.05) is 24.3 Å². The molecule has 0 aliphatic carbocycles. The van der Waals surface area contributed by atoms with Crippen molar-refractivity contribution < 1.29 is 23.9 Å². The Balaban J connectivity index is 1.55. The molecule has 0 unspecified atom stereocenters. The molecule has 3 rings (SSSR count). The van der Waals surface area contributed by atoms with E-state index in [1.54, 1.807) is 30.3 Å². The van der Waals surface area contributed by atoms with Crippen LogP contribution in [0.1, 0.15) is 13.3 Å². The zero-order chi connectivity index (χ0) is 20.1. The van der Waals surface area contributed by atoms with Crippen molar-refractivity contribution in [3.63, 3.8) is 0 Å². The van der Waals surface area contributed by atoms with E-state index in [-0.39, 0.29) is 12.3 Å². The molecule has 1 heterocycles. The Kier molecular flexibility index (Phi) is 6.20. The number of thioether (sulfide) groups is 1. The molecule has 2 aromatic carbocycles. The van der Waals surface area contributed by atoms with Crippen LogP contribution in [0, 0.1) is 0 Å². The van der Waals surface area contributed by atoms with Crippen LogP contribution in [0.2, 0.25) is 0 Å². The third-order valence-corrected chi connectivity index (χ3v) is 5.38. The van der Waals surface area contributed by atoms with Crippen molar-refractivity contribution in [3.05, 3.63) is 48.5 Å². The summed E-state index contributed by atoms with van der Waals surface area (Å²) in [6.07, 6.45) is -1.14. The number of esters is 1. The average molecular weight is 400 g/mol. The Morgan fingerprint density at radius 3 is 2.68 bits per heavy atom. The summed E-state index contributed by atoms with van der Waals surface area (Å²) in [6, 6.07) is 14.3. The smallest absolute Gasteiger partial charge is 0.308 e. The number of carbonyl (C=O) groups excluding carboxylic acids is 3. The van der Waals surface area contributed by atoms with Gasteiger partial charge in [-0.15, -0.1) is 11.8 Å². The lowest BCUT2D eigenvalue weighted by Gasteiger charge is -2.23. The van der Waals surface area contributed by atoms with Gasteiger partial charge in [-0.05, 0) is 31.2 Å². The van der Waals surface area contributed by atoms with Crippen LogP contribution in [-0.2, 0) is 19.1 Å². The quantitative estimate of drug-likeness (QED) is 0.724. The molecule has 1 aliphatic rings. The molecule has 2 N–H and O–H groups in total. The maximum absolute atomic E-state index is 12.3. The van der Waals surface area contributed by atoms with Crippen molar-refractivity contribution in [2.75, 3.05) is 17.7 Å². The van der Waals surface area contributed by atoms with E-state index in [1.165, 1.54) is 25.8 Å². The second-order valence-corrected chi connectivity index (χ2v) is 7.36. The van der Waals surface area contributed by atoms with Crippen LogP contribution >= 0.6 is 11.8 Å². The molecule has 0 spiro atoms. The molecule has 0 saturated carbocycles. The number of ether oxygens (including phenoxy) is 2. The van der Waals surface area contributed by atoms with Gasteiger partial charge in [0.2, 0.25) is 5.91 Å². The topological polar surface area (TPSA) is 93.7 Å². The van der Waals surface area contributed by atoms with Crippen molar-refractivity contribution in [2.24, 2.45) is 0 Å².